The van der Waals surface area contributed by atoms with E-state index in [4.69, 9.17) is 0 Å². The number of nitriles is 1. The second-order valence-electron chi connectivity index (χ2n) is 11.9. The number of phenols is 1. The molecule has 3 N–H and O–H groups in total. The van der Waals surface area contributed by atoms with Gasteiger partial charge >= 0.3 is 0 Å². The molecule has 3 heterocycles. The number of allylic oxidation sites excluding steroid dienone is 2. The summed E-state index contributed by atoms with van der Waals surface area (Å²) in [7, 11) is 1.95. The fourth-order valence-electron chi connectivity index (χ4n) is 7.30. The lowest BCUT2D eigenvalue weighted by Crippen LogP contribution is -2.71. The third-order valence-electron chi connectivity index (χ3n) is 9.67. The van der Waals surface area contributed by atoms with E-state index >= 15 is 0 Å². The predicted octanol–water partition coefficient (Wildman–Crippen LogP) is 1.68. The van der Waals surface area contributed by atoms with Crippen LogP contribution in [0.5, 0.6) is 5.75 Å². The van der Waals surface area contributed by atoms with Crippen molar-refractivity contribution in [3.05, 3.63) is 50.6 Å². The molecule has 10 heteroatoms. The molecule has 2 bridgehead atoms. The van der Waals surface area contributed by atoms with Gasteiger partial charge in [0.2, 0.25) is 11.8 Å². The van der Waals surface area contributed by atoms with Gasteiger partial charge in [-0.15, -0.1) is 0 Å². The molecule has 0 radical (unpaired) electrons. The Hall–Kier alpha value is -3.81. The lowest BCUT2D eigenvalue weighted by Gasteiger charge is -2.60. The summed E-state index contributed by atoms with van der Waals surface area (Å²) < 4.78 is 0. The van der Waals surface area contributed by atoms with E-state index in [0.717, 1.165) is 22.3 Å². The Balaban J connectivity index is 1.66. The summed E-state index contributed by atoms with van der Waals surface area (Å²) in [6.07, 6.45) is 0.775. The number of carbonyl (C=O) groups is 4. The normalized spacial score (nSPS) is 28.4. The predicted molar refractivity (Wildman–Crippen MR) is 151 cm³/mol. The van der Waals surface area contributed by atoms with Crippen molar-refractivity contribution in [2.75, 3.05) is 13.6 Å². The molecular weight excluding hydrogens is 522 g/mol. The number of hydrogen-bond donors (Lipinski definition) is 3. The first-order valence-corrected chi connectivity index (χ1v) is 14.1. The van der Waals surface area contributed by atoms with Gasteiger partial charge in [-0.05, 0) is 71.2 Å². The van der Waals surface area contributed by atoms with Crippen molar-refractivity contribution in [3.63, 3.8) is 0 Å². The van der Waals surface area contributed by atoms with Crippen molar-refractivity contribution in [2.24, 2.45) is 0 Å². The Labute approximate surface area is 240 Å². The van der Waals surface area contributed by atoms with Crippen LogP contribution in [-0.4, -0.2) is 82.1 Å². The molecular formula is C31H37N5O5. The Morgan fingerprint density at radius 1 is 1.12 bits per heavy atom. The summed E-state index contributed by atoms with van der Waals surface area (Å²) in [4.78, 5) is 56.1. The molecule has 0 aromatic heterocycles. The monoisotopic (exact) mass is 559 g/mol. The Kier molecular flexibility index (Phi) is 7.16. The van der Waals surface area contributed by atoms with Crippen molar-refractivity contribution in [2.45, 2.75) is 90.6 Å². The Morgan fingerprint density at radius 3 is 2.41 bits per heavy atom. The number of likely N-dealkylation sites (N-methyl/N-ethyl adjacent to an activating group) is 1. The topological polar surface area (TPSA) is 143 Å². The van der Waals surface area contributed by atoms with Crippen molar-refractivity contribution in [1.82, 2.24) is 20.4 Å². The number of piperazine rings is 1. The third-order valence-corrected chi connectivity index (χ3v) is 9.67. The SMILES string of the molecule is CC(=O)N[C@@H](C)C(=O)NC[C@H]1C2=C(CC3C4c5c(cc(C)c(C)c5O)C[C@H]([C@H](C#N)N31)N4C)C(=O)C(C)=C(C)C2=O. The van der Waals surface area contributed by atoms with E-state index in [-0.39, 0.29) is 48.3 Å². The van der Waals surface area contributed by atoms with E-state index in [1.807, 2.05) is 25.8 Å². The van der Waals surface area contributed by atoms with Crippen LogP contribution >= 0.6 is 0 Å². The summed E-state index contributed by atoms with van der Waals surface area (Å²) in [6, 6.07) is 1.40. The number of nitrogens with zero attached hydrogens (tertiary/aromatic N) is 3. The van der Waals surface area contributed by atoms with Crippen molar-refractivity contribution >= 4 is 23.4 Å². The number of phenolic OH excluding ortho intramolecular Hbond substituents is 1. The highest BCUT2D eigenvalue weighted by Crippen LogP contribution is 2.52. The second-order valence-corrected chi connectivity index (χ2v) is 11.9. The number of fused-ring (bicyclic) bond motifs is 6. The number of benzene rings is 1. The smallest absolute Gasteiger partial charge is 0.242 e. The van der Waals surface area contributed by atoms with Gasteiger partial charge in [0.05, 0.1) is 18.2 Å². The van der Waals surface area contributed by atoms with Crippen LogP contribution in [0.1, 0.15) is 62.4 Å². The molecule has 1 saturated heterocycles. The van der Waals surface area contributed by atoms with Crippen LogP contribution in [0.2, 0.25) is 0 Å². The fraction of sp³-hybridized carbons (Fsp3) is 0.516. The maximum Gasteiger partial charge on any atom is 0.242 e. The van der Waals surface area contributed by atoms with E-state index in [1.165, 1.54) is 6.92 Å². The highest BCUT2D eigenvalue weighted by atomic mass is 16.3. The van der Waals surface area contributed by atoms with Gasteiger partial charge < -0.3 is 15.7 Å². The molecule has 1 aliphatic carbocycles. The molecule has 5 rings (SSSR count). The number of aryl methyl sites for hydroxylation is 1. The van der Waals surface area contributed by atoms with Gasteiger partial charge in [-0.1, -0.05) is 6.07 Å². The maximum atomic E-state index is 13.8. The first kappa shape index (κ1) is 28.7. The minimum atomic E-state index is -0.804. The van der Waals surface area contributed by atoms with Crippen LogP contribution in [0.3, 0.4) is 0 Å². The zero-order valence-electron chi connectivity index (χ0n) is 24.6. The largest absolute Gasteiger partial charge is 0.507 e. The van der Waals surface area contributed by atoms with E-state index in [1.54, 1.807) is 20.8 Å². The minimum Gasteiger partial charge on any atom is -0.507 e. The summed E-state index contributed by atoms with van der Waals surface area (Å²) in [5.41, 5.74) is 5.05. The van der Waals surface area contributed by atoms with Crippen molar-refractivity contribution in [1.29, 1.82) is 5.26 Å². The van der Waals surface area contributed by atoms with Crippen molar-refractivity contribution < 1.29 is 24.3 Å². The van der Waals surface area contributed by atoms with Crippen LogP contribution in [0, 0.1) is 25.2 Å². The zero-order valence-corrected chi connectivity index (χ0v) is 24.6. The highest BCUT2D eigenvalue weighted by molar-refractivity contribution is 6.25. The molecule has 41 heavy (non-hydrogen) atoms. The number of rotatable bonds is 4. The molecule has 1 aromatic rings. The number of carbonyl (C=O) groups excluding carboxylic acids is 4. The quantitative estimate of drug-likeness (QED) is 0.473. The third kappa shape index (κ3) is 4.30. The molecule has 10 nitrogen and oxygen atoms in total. The lowest BCUT2D eigenvalue weighted by molar-refractivity contribution is -0.128. The molecule has 3 aliphatic heterocycles. The summed E-state index contributed by atoms with van der Waals surface area (Å²) in [5, 5.41) is 27.4. The van der Waals surface area contributed by atoms with Gasteiger partial charge in [0.15, 0.2) is 11.6 Å². The number of nitrogens with one attached hydrogen (secondary N) is 2. The molecule has 2 amide bonds. The van der Waals surface area contributed by atoms with Crippen LogP contribution in [-0.2, 0) is 25.6 Å². The van der Waals surface area contributed by atoms with Crippen molar-refractivity contribution in [3.8, 4) is 11.8 Å². The first-order chi connectivity index (χ1) is 19.3. The van der Waals surface area contributed by atoms with Crippen LogP contribution < -0.4 is 10.6 Å². The van der Waals surface area contributed by atoms with E-state index in [9.17, 15) is 29.5 Å². The van der Waals surface area contributed by atoms with E-state index in [2.05, 4.69) is 27.7 Å². The van der Waals surface area contributed by atoms with Crippen LogP contribution in [0.15, 0.2) is 28.4 Å². The van der Waals surface area contributed by atoms with Gasteiger partial charge in [-0.3, -0.25) is 29.0 Å². The summed E-state index contributed by atoms with van der Waals surface area (Å²) in [5.74, 6) is -1.00. The highest BCUT2D eigenvalue weighted by Gasteiger charge is 2.57. The Bertz CT molecular complexity index is 1500. The molecule has 1 aromatic carbocycles. The van der Waals surface area contributed by atoms with Gasteiger partial charge in [0.1, 0.15) is 17.8 Å². The lowest BCUT2D eigenvalue weighted by atomic mass is 9.69. The number of amides is 2. The standard InChI is InChI=1S/C31H37N5O5/c1-13-8-19-9-21-23(11-32)36-22(27(35(21)7)25(19)29(39)14(13)2)10-20-26(30(40)16(4)15(3)28(20)38)24(36)12-33-31(41)17(5)34-18(6)37/h8,17,21-24,27,39H,9-10,12H2,1-7H3,(H,33,41)(H,34,37)/t17-,21+,22?,23-,24-,27?/m0/s1. The Morgan fingerprint density at radius 2 is 1.78 bits per heavy atom. The van der Waals surface area contributed by atoms with E-state index in [0.29, 0.717) is 28.7 Å². The number of hydrogen-bond acceptors (Lipinski definition) is 8. The number of ketones is 2. The van der Waals surface area contributed by atoms with Gasteiger partial charge in [-0.2, -0.15) is 5.26 Å². The molecule has 4 aliphatic rings. The molecule has 0 saturated carbocycles. The molecule has 2 unspecified atom stereocenters. The second kappa shape index (κ2) is 10.2. The summed E-state index contributed by atoms with van der Waals surface area (Å²) in [6.45, 7) is 10.0. The number of Topliss-reactive ketones (excluding diaryl/α,β-unsaturated/α-hetero) is 2. The fourth-order valence-corrected chi connectivity index (χ4v) is 7.30. The van der Waals surface area contributed by atoms with Crippen LogP contribution in [0.25, 0.3) is 0 Å². The molecule has 0 spiro atoms. The first-order valence-electron chi connectivity index (χ1n) is 14.1. The summed E-state index contributed by atoms with van der Waals surface area (Å²) >= 11 is 0. The molecule has 6 atom stereocenters. The average Bonchev–Trinajstić information content (AvgIpc) is 2.92. The molecule has 216 valence electrons. The molecule has 1 fully saturated rings. The van der Waals surface area contributed by atoms with E-state index < -0.39 is 30.1 Å². The van der Waals surface area contributed by atoms with Gasteiger partial charge in [0.25, 0.3) is 0 Å². The van der Waals surface area contributed by atoms with Gasteiger partial charge in [-0.25, -0.2) is 0 Å². The number of aromatic hydroxyl groups is 1. The zero-order chi connectivity index (χ0) is 30.1. The van der Waals surface area contributed by atoms with Gasteiger partial charge in [0, 0.05) is 53.4 Å². The van der Waals surface area contributed by atoms with Crippen LogP contribution in [0.4, 0.5) is 0 Å². The average molecular weight is 560 g/mol. The minimum absolute atomic E-state index is 0.0173. The maximum absolute atomic E-state index is 13.8.